The average Bonchev–Trinajstić information content (AvgIpc) is 3.74. The molecule has 0 atom stereocenters. The van der Waals surface area contributed by atoms with Gasteiger partial charge in [0.2, 0.25) is 0 Å². The number of hydrogen-bond acceptors (Lipinski definition) is 3. The minimum absolute atomic E-state index is 0.0875. The minimum atomic E-state index is -0.0875. The molecule has 0 N–H and O–H groups in total. The van der Waals surface area contributed by atoms with Gasteiger partial charge in [0, 0.05) is 65.1 Å². The Hall–Kier alpha value is -6.68. The van der Waals surface area contributed by atoms with E-state index in [4.69, 9.17) is 0 Å². The van der Waals surface area contributed by atoms with Crippen LogP contribution in [0, 0.1) is 0 Å². The molecular formula is C53H38N2S. The second-order valence-corrected chi connectivity index (χ2v) is 16.4. The van der Waals surface area contributed by atoms with E-state index in [0.717, 1.165) is 34.1 Å². The molecule has 1 aromatic heterocycles. The van der Waals surface area contributed by atoms with Gasteiger partial charge < -0.3 is 9.80 Å². The third-order valence-corrected chi connectivity index (χ3v) is 13.0. The Balaban J connectivity index is 1.10. The van der Waals surface area contributed by atoms with Crippen molar-refractivity contribution in [2.24, 2.45) is 0 Å². The minimum Gasteiger partial charge on any atom is -0.310 e. The molecule has 1 aliphatic carbocycles. The molecule has 1 aliphatic rings. The molecule has 3 heteroatoms. The summed E-state index contributed by atoms with van der Waals surface area (Å²) in [5.74, 6) is 0. The third kappa shape index (κ3) is 5.01. The first-order chi connectivity index (χ1) is 27.5. The number of rotatable bonds is 6. The van der Waals surface area contributed by atoms with Crippen LogP contribution in [-0.4, -0.2) is 0 Å². The molecule has 0 radical (unpaired) electrons. The van der Waals surface area contributed by atoms with Crippen LogP contribution < -0.4 is 9.80 Å². The predicted octanol–water partition coefficient (Wildman–Crippen LogP) is 15.6. The third-order valence-electron chi connectivity index (χ3n) is 11.8. The number of benzene rings is 9. The molecule has 0 unspecified atom stereocenters. The zero-order valence-corrected chi connectivity index (χ0v) is 32.1. The number of nitrogens with zero attached hydrogens (tertiary/aromatic N) is 2. The van der Waals surface area contributed by atoms with Crippen molar-refractivity contribution in [1.82, 2.24) is 0 Å². The maximum Gasteiger partial charge on any atom is 0.0476 e. The van der Waals surface area contributed by atoms with E-state index < -0.39 is 0 Å². The fourth-order valence-corrected chi connectivity index (χ4v) is 10.5. The number of thiophene rings is 1. The van der Waals surface area contributed by atoms with E-state index in [-0.39, 0.29) is 5.41 Å². The quantitative estimate of drug-likeness (QED) is 0.157. The summed E-state index contributed by atoms with van der Waals surface area (Å²) in [5.41, 5.74) is 12.2. The largest absolute Gasteiger partial charge is 0.310 e. The van der Waals surface area contributed by atoms with Crippen LogP contribution in [0.2, 0.25) is 0 Å². The van der Waals surface area contributed by atoms with Crippen LogP contribution in [0.25, 0.3) is 52.8 Å². The number of para-hydroxylation sites is 3. The van der Waals surface area contributed by atoms with Gasteiger partial charge in [-0.1, -0.05) is 135 Å². The summed E-state index contributed by atoms with van der Waals surface area (Å²) in [6, 6.07) is 71.1. The molecule has 9 aromatic carbocycles. The van der Waals surface area contributed by atoms with Crippen LogP contribution in [0.5, 0.6) is 0 Å². The standard InChI is InChI=1S/C53H38N2S/c1-53(2)48-25-15-14-23-42(48)43-29-26-39(33-49(43)53)55(37-20-10-5-11-21-37)38-27-30-45-47(32-38)41-22-12-13-24-44(41)51-46-31-28-40(34-50(46)56-52(45)51)54(35-16-6-3-7-17-35)36-18-8-4-9-19-36/h3-34H,1-2H3. The maximum atomic E-state index is 2.43. The van der Waals surface area contributed by atoms with Gasteiger partial charge in [0.05, 0.1) is 0 Å². The second-order valence-electron chi connectivity index (χ2n) is 15.3. The molecule has 0 fully saturated rings. The lowest BCUT2D eigenvalue weighted by molar-refractivity contribution is 0.660. The summed E-state index contributed by atoms with van der Waals surface area (Å²) < 4.78 is 2.61. The van der Waals surface area contributed by atoms with E-state index in [1.54, 1.807) is 0 Å². The molecule has 0 saturated carbocycles. The SMILES string of the molecule is CC1(C)c2ccccc2-c2ccc(N(c3ccccc3)c3ccc4c(c3)c3ccccc3c3c5ccc(N(c6ccccc6)c6ccccc6)cc5sc43)cc21. The average molecular weight is 735 g/mol. The van der Waals surface area contributed by atoms with Crippen LogP contribution in [0.3, 0.4) is 0 Å². The lowest BCUT2D eigenvalue weighted by Gasteiger charge is -2.28. The first-order valence-corrected chi connectivity index (χ1v) is 20.2. The molecule has 0 saturated heterocycles. The Morgan fingerprint density at radius 3 is 1.54 bits per heavy atom. The van der Waals surface area contributed by atoms with Crippen molar-refractivity contribution in [2.75, 3.05) is 9.80 Å². The van der Waals surface area contributed by atoms with Crippen molar-refractivity contribution in [3.63, 3.8) is 0 Å². The number of hydrogen-bond donors (Lipinski definition) is 0. The molecule has 11 rings (SSSR count). The summed E-state index contributed by atoms with van der Waals surface area (Å²) in [6.07, 6.45) is 0. The molecule has 56 heavy (non-hydrogen) atoms. The van der Waals surface area contributed by atoms with Gasteiger partial charge >= 0.3 is 0 Å². The first kappa shape index (κ1) is 32.7. The van der Waals surface area contributed by atoms with Crippen molar-refractivity contribution >= 4 is 87.2 Å². The van der Waals surface area contributed by atoms with Crippen molar-refractivity contribution < 1.29 is 0 Å². The van der Waals surface area contributed by atoms with Crippen LogP contribution in [0.15, 0.2) is 194 Å². The van der Waals surface area contributed by atoms with Gasteiger partial charge in [-0.2, -0.15) is 0 Å². The molecule has 0 aliphatic heterocycles. The lowest BCUT2D eigenvalue weighted by atomic mass is 9.82. The molecule has 0 bridgehead atoms. The molecule has 0 amide bonds. The maximum absolute atomic E-state index is 2.43. The highest BCUT2D eigenvalue weighted by atomic mass is 32.1. The van der Waals surface area contributed by atoms with E-state index >= 15 is 0 Å². The Bertz CT molecular complexity index is 3070. The smallest absolute Gasteiger partial charge is 0.0476 e. The van der Waals surface area contributed by atoms with Crippen LogP contribution >= 0.6 is 11.3 Å². The normalized spacial score (nSPS) is 13.0. The van der Waals surface area contributed by atoms with Gasteiger partial charge in [-0.15, -0.1) is 11.3 Å². The highest BCUT2D eigenvalue weighted by Gasteiger charge is 2.35. The van der Waals surface area contributed by atoms with E-state index in [9.17, 15) is 0 Å². The highest BCUT2D eigenvalue weighted by Crippen LogP contribution is 2.52. The zero-order chi connectivity index (χ0) is 37.4. The summed E-state index contributed by atoms with van der Waals surface area (Å²) in [6.45, 7) is 4.72. The Kier molecular flexibility index (Phi) is 7.42. The van der Waals surface area contributed by atoms with Crippen LogP contribution in [-0.2, 0) is 5.41 Å². The van der Waals surface area contributed by atoms with E-state index in [2.05, 4.69) is 218 Å². The van der Waals surface area contributed by atoms with Crippen molar-refractivity contribution in [3.8, 4) is 11.1 Å². The van der Waals surface area contributed by atoms with Gasteiger partial charge in [-0.05, 0) is 111 Å². The topological polar surface area (TPSA) is 6.48 Å². The predicted molar refractivity (Wildman–Crippen MR) is 241 cm³/mol. The van der Waals surface area contributed by atoms with Gasteiger partial charge in [0.15, 0.2) is 0 Å². The molecule has 1 heterocycles. The highest BCUT2D eigenvalue weighted by molar-refractivity contribution is 7.27. The molecule has 266 valence electrons. The van der Waals surface area contributed by atoms with Gasteiger partial charge in [-0.3, -0.25) is 0 Å². The van der Waals surface area contributed by atoms with Gasteiger partial charge in [0.25, 0.3) is 0 Å². The second kappa shape index (κ2) is 12.7. The Morgan fingerprint density at radius 2 is 0.857 bits per heavy atom. The van der Waals surface area contributed by atoms with Gasteiger partial charge in [0.1, 0.15) is 0 Å². The van der Waals surface area contributed by atoms with Crippen LogP contribution in [0.1, 0.15) is 25.0 Å². The summed E-state index contributed by atoms with van der Waals surface area (Å²) in [4.78, 5) is 4.78. The number of fused-ring (bicyclic) bond motifs is 11. The fourth-order valence-electron chi connectivity index (χ4n) is 9.17. The van der Waals surface area contributed by atoms with Crippen LogP contribution in [0.4, 0.5) is 34.1 Å². The van der Waals surface area contributed by atoms with Crippen molar-refractivity contribution in [3.05, 3.63) is 205 Å². The fraction of sp³-hybridized carbons (Fsp3) is 0.0566. The molecule has 0 spiro atoms. The Labute approximate surface area is 331 Å². The number of anilines is 6. The monoisotopic (exact) mass is 734 g/mol. The summed E-state index contributed by atoms with van der Waals surface area (Å²) in [7, 11) is 0. The lowest BCUT2D eigenvalue weighted by Crippen LogP contribution is -2.16. The summed E-state index contributed by atoms with van der Waals surface area (Å²) >= 11 is 1.90. The molecular weight excluding hydrogens is 697 g/mol. The Morgan fingerprint density at radius 1 is 0.357 bits per heavy atom. The van der Waals surface area contributed by atoms with Crippen molar-refractivity contribution in [1.29, 1.82) is 0 Å². The zero-order valence-electron chi connectivity index (χ0n) is 31.3. The summed E-state index contributed by atoms with van der Waals surface area (Å²) in [5, 5.41) is 7.74. The first-order valence-electron chi connectivity index (χ1n) is 19.4. The van der Waals surface area contributed by atoms with E-state index in [1.807, 2.05) is 11.3 Å². The van der Waals surface area contributed by atoms with E-state index in [0.29, 0.717) is 0 Å². The molecule has 2 nitrogen and oxygen atoms in total. The van der Waals surface area contributed by atoms with Gasteiger partial charge in [-0.25, -0.2) is 0 Å². The van der Waals surface area contributed by atoms with Crippen molar-refractivity contribution in [2.45, 2.75) is 19.3 Å². The molecule has 10 aromatic rings. The van der Waals surface area contributed by atoms with E-state index in [1.165, 1.54) is 64.0 Å².